The van der Waals surface area contributed by atoms with Gasteiger partial charge in [-0.05, 0) is 20.3 Å². The van der Waals surface area contributed by atoms with Crippen LogP contribution in [0.5, 0.6) is 0 Å². The van der Waals surface area contributed by atoms with E-state index in [0.717, 1.165) is 6.42 Å². The summed E-state index contributed by atoms with van der Waals surface area (Å²) in [5.41, 5.74) is 0.344. The highest BCUT2D eigenvalue weighted by atomic mass is 16.8. The van der Waals surface area contributed by atoms with E-state index in [1.165, 1.54) is 0 Å². The zero-order chi connectivity index (χ0) is 12.1. The molecule has 1 N–H and O–H groups in total. The Hall–Kier alpha value is -0.870. The summed E-state index contributed by atoms with van der Waals surface area (Å²) in [6.45, 7) is 9.47. The Morgan fingerprint density at radius 3 is 2.40 bits per heavy atom. The number of rotatable bonds is 6. The van der Waals surface area contributed by atoms with E-state index in [1.54, 1.807) is 14.0 Å². The maximum absolute atomic E-state index is 11.4. The topological polar surface area (TPSA) is 46.5 Å². The van der Waals surface area contributed by atoms with Crippen LogP contribution >= 0.6 is 0 Å². The Bertz CT molecular complexity index is 240. The van der Waals surface area contributed by atoms with Crippen molar-refractivity contribution in [3.05, 3.63) is 12.2 Å². The molecule has 0 aliphatic heterocycles. The van der Waals surface area contributed by atoms with Gasteiger partial charge in [-0.3, -0.25) is 4.84 Å². The van der Waals surface area contributed by atoms with Crippen LogP contribution in [0.3, 0.4) is 0 Å². The zero-order valence-corrected chi connectivity index (χ0v) is 10.1. The van der Waals surface area contributed by atoms with Gasteiger partial charge in [0, 0.05) is 12.0 Å². The van der Waals surface area contributed by atoms with Gasteiger partial charge in [-0.25, -0.2) is 4.79 Å². The van der Waals surface area contributed by atoms with Gasteiger partial charge in [0.25, 0.3) is 0 Å². The average Bonchev–Trinajstić information content (AvgIpc) is 2.17. The minimum atomic E-state index is -0.678. The second kappa shape index (κ2) is 5.88. The van der Waals surface area contributed by atoms with Crippen molar-refractivity contribution in [1.82, 2.24) is 0 Å². The van der Waals surface area contributed by atoms with Gasteiger partial charge in [0.2, 0.25) is 6.23 Å². The lowest BCUT2D eigenvalue weighted by Gasteiger charge is -2.33. The van der Waals surface area contributed by atoms with E-state index in [0.29, 0.717) is 18.5 Å². The summed E-state index contributed by atoms with van der Waals surface area (Å²) < 4.78 is -0.112. The monoisotopic (exact) mass is 216 g/mol. The van der Waals surface area contributed by atoms with Crippen molar-refractivity contribution >= 4 is 5.97 Å². The molecule has 0 aliphatic carbocycles. The Labute approximate surface area is 91.7 Å². The van der Waals surface area contributed by atoms with Crippen molar-refractivity contribution in [3.63, 3.8) is 0 Å². The molecule has 0 aliphatic rings. The van der Waals surface area contributed by atoms with Gasteiger partial charge in [-0.15, -0.1) is 4.65 Å². The number of carbonyl (C=O) groups excluding carboxylic acids is 1. The van der Waals surface area contributed by atoms with E-state index in [1.807, 2.05) is 13.8 Å². The van der Waals surface area contributed by atoms with Crippen LogP contribution in [-0.2, 0) is 9.63 Å². The first kappa shape index (κ1) is 14.1. The Kier molecular flexibility index (Phi) is 5.54. The molecule has 88 valence electrons. The van der Waals surface area contributed by atoms with E-state index in [-0.39, 0.29) is 4.65 Å². The quantitative estimate of drug-likeness (QED) is 0.317. The largest absolute Gasteiger partial charge is 0.392 e. The van der Waals surface area contributed by atoms with E-state index >= 15 is 0 Å². The molecule has 0 aromatic rings. The minimum Gasteiger partial charge on any atom is -0.342 e. The second-order valence-corrected chi connectivity index (χ2v) is 3.92. The van der Waals surface area contributed by atoms with Crippen LogP contribution in [0.25, 0.3) is 0 Å². The summed E-state index contributed by atoms with van der Waals surface area (Å²) in [5, 5.41) is 9.86. The molecular weight excluding hydrogens is 194 g/mol. The summed E-state index contributed by atoms with van der Waals surface area (Å²) >= 11 is 0. The first-order chi connectivity index (χ1) is 6.87. The molecule has 0 bridgehead atoms. The van der Waals surface area contributed by atoms with Crippen molar-refractivity contribution in [2.75, 3.05) is 13.6 Å². The molecular formula is C11H22NO3+. The maximum Gasteiger partial charge on any atom is 0.392 e. The summed E-state index contributed by atoms with van der Waals surface area (Å²) in [4.78, 5) is 16.6. The van der Waals surface area contributed by atoms with Gasteiger partial charge in [0.15, 0.2) is 0 Å². The third-order valence-corrected chi connectivity index (χ3v) is 2.45. The van der Waals surface area contributed by atoms with Gasteiger partial charge in [-0.2, -0.15) is 0 Å². The van der Waals surface area contributed by atoms with Crippen molar-refractivity contribution in [2.24, 2.45) is 0 Å². The fourth-order valence-corrected chi connectivity index (χ4v) is 1.13. The van der Waals surface area contributed by atoms with Crippen LogP contribution in [0.2, 0.25) is 0 Å². The van der Waals surface area contributed by atoms with E-state index in [9.17, 15) is 9.90 Å². The number of quaternary nitrogens is 1. The van der Waals surface area contributed by atoms with Crippen molar-refractivity contribution in [3.8, 4) is 0 Å². The van der Waals surface area contributed by atoms with Gasteiger partial charge in [-0.1, -0.05) is 13.5 Å². The highest BCUT2D eigenvalue weighted by molar-refractivity contribution is 5.86. The van der Waals surface area contributed by atoms with Gasteiger partial charge >= 0.3 is 5.97 Å². The summed E-state index contributed by atoms with van der Waals surface area (Å²) in [6.07, 6.45) is 0.774. The van der Waals surface area contributed by atoms with Crippen LogP contribution in [0.1, 0.15) is 33.6 Å². The lowest BCUT2D eigenvalue weighted by atomic mass is 10.3. The van der Waals surface area contributed by atoms with Gasteiger partial charge in [0.05, 0.1) is 0 Å². The molecule has 0 aromatic heterocycles. The first-order valence-corrected chi connectivity index (χ1v) is 5.30. The molecule has 0 saturated carbocycles. The number of aliphatic hydroxyl groups is 1. The van der Waals surface area contributed by atoms with Crippen LogP contribution in [-0.4, -0.2) is 35.5 Å². The van der Waals surface area contributed by atoms with Crippen LogP contribution in [0, 0.1) is 0 Å². The molecule has 0 saturated heterocycles. The molecule has 4 nitrogen and oxygen atoms in total. The summed E-state index contributed by atoms with van der Waals surface area (Å²) in [5.74, 6) is -0.463. The fraction of sp³-hybridized carbons (Fsp3) is 0.727. The molecule has 0 spiro atoms. The Morgan fingerprint density at radius 1 is 1.53 bits per heavy atom. The zero-order valence-electron chi connectivity index (χ0n) is 10.1. The predicted molar refractivity (Wildman–Crippen MR) is 58.5 cm³/mol. The molecule has 0 heterocycles. The SMILES string of the molecule is C=C(C)C(=O)O[N+](C)(CC)C(O)CCC. The standard InChI is InChI=1S/C11H22NO3/c1-6-8-10(13)12(5,7-2)15-11(14)9(3)4/h10,13H,3,6-8H2,1-2,4-5H3/q+1. The highest BCUT2D eigenvalue weighted by Crippen LogP contribution is 2.15. The number of carbonyl (C=O) groups is 1. The third-order valence-electron chi connectivity index (χ3n) is 2.45. The van der Waals surface area contributed by atoms with Crippen molar-refractivity contribution in [2.45, 2.75) is 39.8 Å². The second-order valence-electron chi connectivity index (χ2n) is 3.92. The lowest BCUT2D eigenvalue weighted by Crippen LogP contribution is -2.53. The smallest absolute Gasteiger partial charge is 0.342 e. The molecule has 0 fully saturated rings. The molecule has 0 aromatic carbocycles. The van der Waals surface area contributed by atoms with Crippen molar-refractivity contribution in [1.29, 1.82) is 0 Å². The van der Waals surface area contributed by atoms with E-state index < -0.39 is 12.2 Å². The normalized spacial score (nSPS) is 16.6. The van der Waals surface area contributed by atoms with E-state index in [4.69, 9.17) is 4.84 Å². The molecule has 0 radical (unpaired) electrons. The van der Waals surface area contributed by atoms with Crippen LogP contribution < -0.4 is 0 Å². The third kappa shape index (κ3) is 4.01. The fourth-order valence-electron chi connectivity index (χ4n) is 1.13. The number of nitrogens with zero attached hydrogens (tertiary/aromatic N) is 1. The average molecular weight is 216 g/mol. The van der Waals surface area contributed by atoms with Crippen LogP contribution in [0.15, 0.2) is 12.2 Å². The number of aliphatic hydroxyl groups excluding tert-OH is 1. The Morgan fingerprint density at radius 2 is 2.07 bits per heavy atom. The lowest BCUT2D eigenvalue weighted by molar-refractivity contribution is -1.11. The number of hydrogen-bond donors (Lipinski definition) is 1. The van der Waals surface area contributed by atoms with E-state index in [2.05, 4.69) is 6.58 Å². The Balaban J connectivity index is 4.55. The van der Waals surface area contributed by atoms with Crippen LogP contribution in [0.4, 0.5) is 0 Å². The molecule has 0 amide bonds. The number of hydroxylamine groups is 3. The van der Waals surface area contributed by atoms with Crippen molar-refractivity contribution < 1.29 is 19.4 Å². The number of hydrogen-bond acceptors (Lipinski definition) is 3. The highest BCUT2D eigenvalue weighted by Gasteiger charge is 2.34. The summed E-state index contributed by atoms with van der Waals surface area (Å²) in [6, 6.07) is 0. The molecule has 15 heavy (non-hydrogen) atoms. The summed E-state index contributed by atoms with van der Waals surface area (Å²) in [7, 11) is 1.70. The minimum absolute atomic E-state index is 0.112. The molecule has 4 heteroatoms. The molecule has 2 unspecified atom stereocenters. The first-order valence-electron chi connectivity index (χ1n) is 5.30. The molecule has 0 rings (SSSR count). The predicted octanol–water partition coefficient (Wildman–Crippen LogP) is 1.61. The van der Waals surface area contributed by atoms with Gasteiger partial charge in [0.1, 0.15) is 13.6 Å². The van der Waals surface area contributed by atoms with Gasteiger partial charge < -0.3 is 5.11 Å². The molecule has 2 atom stereocenters. The maximum atomic E-state index is 11.4.